The normalized spacial score (nSPS) is 16.2. The van der Waals surface area contributed by atoms with Crippen LogP contribution in [0.15, 0.2) is 59.5 Å². The van der Waals surface area contributed by atoms with Gasteiger partial charge in [0.15, 0.2) is 0 Å². The minimum absolute atomic E-state index is 0.00613. The number of carbonyl (C=O) groups excluding carboxylic acids is 1. The number of carbonyl (C=O) groups is 1. The predicted molar refractivity (Wildman–Crippen MR) is 110 cm³/mol. The SMILES string of the molecule is CSc1cccc(NC(=O)C2CCN(S(=O)(=O)Cc3ccccc3)CC2)c1. The number of anilines is 1. The van der Waals surface area contributed by atoms with Gasteiger partial charge in [0, 0.05) is 29.6 Å². The van der Waals surface area contributed by atoms with Crippen molar-refractivity contribution in [3.05, 3.63) is 60.2 Å². The third-order valence-corrected chi connectivity index (χ3v) is 7.32. The smallest absolute Gasteiger partial charge is 0.227 e. The van der Waals surface area contributed by atoms with E-state index in [2.05, 4.69) is 5.32 Å². The molecule has 3 rings (SSSR count). The summed E-state index contributed by atoms with van der Waals surface area (Å²) in [6.45, 7) is 0.774. The Bertz CT molecular complexity index is 877. The highest BCUT2D eigenvalue weighted by atomic mass is 32.2. The van der Waals surface area contributed by atoms with Crippen molar-refractivity contribution in [1.82, 2.24) is 4.31 Å². The van der Waals surface area contributed by atoms with E-state index >= 15 is 0 Å². The number of nitrogens with one attached hydrogen (secondary N) is 1. The number of thioether (sulfide) groups is 1. The average Bonchev–Trinajstić information content (AvgIpc) is 2.68. The first-order chi connectivity index (χ1) is 13.0. The Morgan fingerprint density at radius 3 is 2.48 bits per heavy atom. The Morgan fingerprint density at radius 2 is 1.81 bits per heavy atom. The summed E-state index contributed by atoms with van der Waals surface area (Å²) in [7, 11) is -3.35. The maximum absolute atomic E-state index is 12.6. The van der Waals surface area contributed by atoms with E-state index in [4.69, 9.17) is 0 Å². The number of hydrogen-bond acceptors (Lipinski definition) is 4. The van der Waals surface area contributed by atoms with Gasteiger partial charge in [-0.1, -0.05) is 36.4 Å². The summed E-state index contributed by atoms with van der Waals surface area (Å²) >= 11 is 1.62. The molecule has 0 saturated carbocycles. The topological polar surface area (TPSA) is 66.5 Å². The number of hydrogen-bond donors (Lipinski definition) is 1. The highest BCUT2D eigenvalue weighted by molar-refractivity contribution is 7.98. The second-order valence-electron chi connectivity index (χ2n) is 6.64. The molecule has 0 aliphatic carbocycles. The molecule has 0 atom stereocenters. The Hall–Kier alpha value is -1.83. The van der Waals surface area contributed by atoms with E-state index in [0.29, 0.717) is 25.9 Å². The molecule has 0 aromatic heterocycles. The molecule has 2 aromatic carbocycles. The van der Waals surface area contributed by atoms with Gasteiger partial charge >= 0.3 is 0 Å². The number of nitrogens with zero attached hydrogens (tertiary/aromatic N) is 1. The summed E-state index contributed by atoms with van der Waals surface area (Å²) in [6, 6.07) is 16.9. The molecule has 7 heteroatoms. The van der Waals surface area contributed by atoms with Crippen LogP contribution in [0.3, 0.4) is 0 Å². The van der Waals surface area contributed by atoms with Crippen molar-refractivity contribution in [2.75, 3.05) is 24.7 Å². The molecular formula is C20H24N2O3S2. The van der Waals surface area contributed by atoms with Crippen LogP contribution in [0.1, 0.15) is 18.4 Å². The number of benzene rings is 2. The van der Waals surface area contributed by atoms with Crippen LogP contribution in [-0.4, -0.2) is 38.0 Å². The second-order valence-corrected chi connectivity index (χ2v) is 9.48. The summed E-state index contributed by atoms with van der Waals surface area (Å²) < 4.78 is 26.7. The lowest BCUT2D eigenvalue weighted by molar-refractivity contribution is -0.120. The monoisotopic (exact) mass is 404 g/mol. The zero-order valence-electron chi connectivity index (χ0n) is 15.3. The van der Waals surface area contributed by atoms with Crippen molar-refractivity contribution in [2.24, 2.45) is 5.92 Å². The van der Waals surface area contributed by atoms with Crippen LogP contribution in [0.2, 0.25) is 0 Å². The summed E-state index contributed by atoms with van der Waals surface area (Å²) in [5, 5.41) is 2.96. The molecule has 1 amide bonds. The molecule has 5 nitrogen and oxygen atoms in total. The molecule has 1 heterocycles. The highest BCUT2D eigenvalue weighted by Crippen LogP contribution is 2.24. The van der Waals surface area contributed by atoms with Crippen molar-refractivity contribution in [2.45, 2.75) is 23.5 Å². The van der Waals surface area contributed by atoms with Crippen molar-refractivity contribution in [1.29, 1.82) is 0 Å². The first-order valence-electron chi connectivity index (χ1n) is 8.94. The molecule has 0 spiro atoms. The van der Waals surface area contributed by atoms with Gasteiger partial charge in [-0.3, -0.25) is 4.79 Å². The standard InChI is InChI=1S/C20H24N2O3S2/c1-26-19-9-5-8-18(14-19)21-20(23)17-10-12-22(13-11-17)27(24,25)15-16-6-3-2-4-7-16/h2-9,14,17H,10-13,15H2,1H3,(H,21,23). The lowest BCUT2D eigenvalue weighted by Crippen LogP contribution is -2.41. The van der Waals surface area contributed by atoms with Crippen molar-refractivity contribution in [3.8, 4) is 0 Å². The van der Waals surface area contributed by atoms with E-state index in [9.17, 15) is 13.2 Å². The molecule has 0 bridgehead atoms. The van der Waals surface area contributed by atoms with Crippen molar-refractivity contribution < 1.29 is 13.2 Å². The van der Waals surface area contributed by atoms with Gasteiger partial charge in [-0.15, -0.1) is 11.8 Å². The van der Waals surface area contributed by atoms with Crippen LogP contribution in [0, 0.1) is 5.92 Å². The minimum Gasteiger partial charge on any atom is -0.326 e. The van der Waals surface area contributed by atoms with E-state index in [0.717, 1.165) is 16.1 Å². The maximum atomic E-state index is 12.6. The van der Waals surface area contributed by atoms with Crippen molar-refractivity contribution >= 4 is 33.4 Å². The van der Waals surface area contributed by atoms with Gasteiger partial charge in [0.05, 0.1) is 5.75 Å². The van der Waals surface area contributed by atoms with Crippen LogP contribution in [0.5, 0.6) is 0 Å². The van der Waals surface area contributed by atoms with E-state index in [1.807, 2.05) is 60.9 Å². The largest absolute Gasteiger partial charge is 0.326 e. The third-order valence-electron chi connectivity index (χ3n) is 4.75. The Balaban J connectivity index is 1.55. The van der Waals surface area contributed by atoms with Gasteiger partial charge in [-0.2, -0.15) is 0 Å². The number of piperidine rings is 1. The number of sulfonamides is 1. The average molecular weight is 405 g/mol. The van der Waals surface area contributed by atoms with Crippen LogP contribution >= 0.6 is 11.8 Å². The van der Waals surface area contributed by atoms with Crippen LogP contribution in [0.25, 0.3) is 0 Å². The molecule has 2 aromatic rings. The molecule has 1 N–H and O–H groups in total. The number of amides is 1. The van der Waals surface area contributed by atoms with E-state index < -0.39 is 10.0 Å². The third kappa shape index (κ3) is 5.34. The van der Waals surface area contributed by atoms with Gasteiger partial charge in [0.2, 0.25) is 15.9 Å². The van der Waals surface area contributed by atoms with Gasteiger partial charge < -0.3 is 5.32 Å². The lowest BCUT2D eigenvalue weighted by atomic mass is 9.97. The molecular weight excluding hydrogens is 380 g/mol. The van der Waals surface area contributed by atoms with E-state index in [1.54, 1.807) is 11.8 Å². The summed E-state index contributed by atoms with van der Waals surface area (Å²) in [6.07, 6.45) is 3.08. The quantitative estimate of drug-likeness (QED) is 0.747. The van der Waals surface area contributed by atoms with Gasteiger partial charge in [0.1, 0.15) is 0 Å². The first kappa shape index (κ1) is 19.9. The molecule has 1 aliphatic heterocycles. The Kier molecular flexibility index (Phi) is 6.57. The number of rotatable bonds is 6. The minimum atomic E-state index is -3.35. The molecule has 0 unspecified atom stereocenters. The summed E-state index contributed by atoms with van der Waals surface area (Å²) in [5.74, 6) is -0.189. The summed E-state index contributed by atoms with van der Waals surface area (Å²) in [4.78, 5) is 13.6. The zero-order chi connectivity index (χ0) is 19.3. The van der Waals surface area contributed by atoms with Gasteiger partial charge in [0.25, 0.3) is 0 Å². The Morgan fingerprint density at radius 1 is 1.11 bits per heavy atom. The highest BCUT2D eigenvalue weighted by Gasteiger charge is 2.31. The molecule has 144 valence electrons. The maximum Gasteiger partial charge on any atom is 0.227 e. The Labute approximate surface area is 165 Å². The van der Waals surface area contributed by atoms with Crippen LogP contribution in [-0.2, 0) is 20.6 Å². The van der Waals surface area contributed by atoms with Crippen molar-refractivity contribution in [3.63, 3.8) is 0 Å². The molecule has 1 fully saturated rings. The van der Waals surface area contributed by atoms with Crippen LogP contribution in [0.4, 0.5) is 5.69 Å². The zero-order valence-corrected chi connectivity index (χ0v) is 16.9. The lowest BCUT2D eigenvalue weighted by Gasteiger charge is -2.30. The fourth-order valence-corrected chi connectivity index (χ4v) is 5.24. The first-order valence-corrected chi connectivity index (χ1v) is 11.8. The second kappa shape index (κ2) is 8.91. The van der Waals surface area contributed by atoms with E-state index in [1.165, 1.54) is 4.31 Å². The molecule has 0 radical (unpaired) electrons. The fourth-order valence-electron chi connectivity index (χ4n) is 3.22. The van der Waals surface area contributed by atoms with Gasteiger partial charge in [-0.05, 0) is 42.9 Å². The predicted octanol–water partition coefficient (Wildman–Crippen LogP) is 3.59. The fraction of sp³-hybridized carbons (Fsp3) is 0.350. The van der Waals surface area contributed by atoms with Gasteiger partial charge in [-0.25, -0.2) is 12.7 Å². The summed E-state index contributed by atoms with van der Waals surface area (Å²) in [5.41, 5.74) is 1.57. The molecule has 1 saturated heterocycles. The van der Waals surface area contributed by atoms with Crippen LogP contribution < -0.4 is 5.32 Å². The van der Waals surface area contributed by atoms with E-state index in [-0.39, 0.29) is 17.6 Å². The molecule has 27 heavy (non-hydrogen) atoms. The molecule has 1 aliphatic rings.